The highest BCUT2D eigenvalue weighted by Gasteiger charge is 2.23. The molecular weight excluding hydrogens is 428 g/mol. The summed E-state index contributed by atoms with van der Waals surface area (Å²) in [7, 11) is 1.65. The van der Waals surface area contributed by atoms with E-state index >= 15 is 0 Å². The monoisotopic (exact) mass is 462 g/mol. The highest BCUT2D eigenvalue weighted by atomic mass is 16.5. The van der Waals surface area contributed by atoms with Crippen LogP contribution in [0.5, 0.6) is 11.6 Å². The Labute approximate surface area is 200 Å². The molecule has 0 radical (unpaired) electrons. The SMILES string of the molecule is COc1cc(-c2[nH]c3ccc(OCC4CCN(C(C)C)CC4)nc3c2C(C)C)cn2ncnc12. The van der Waals surface area contributed by atoms with E-state index in [1.807, 2.05) is 18.3 Å². The average molecular weight is 463 g/mol. The molecule has 4 aromatic heterocycles. The fourth-order valence-electron chi connectivity index (χ4n) is 4.96. The Balaban J connectivity index is 1.43. The molecule has 8 heteroatoms. The van der Waals surface area contributed by atoms with Crippen LogP contribution in [-0.2, 0) is 0 Å². The number of ether oxygens (including phenoxy) is 2. The van der Waals surface area contributed by atoms with E-state index in [4.69, 9.17) is 14.5 Å². The first-order valence-corrected chi connectivity index (χ1v) is 12.2. The Morgan fingerprint density at radius 3 is 2.65 bits per heavy atom. The number of pyridine rings is 2. The van der Waals surface area contributed by atoms with Crippen molar-refractivity contribution in [2.75, 3.05) is 26.8 Å². The molecule has 5 rings (SSSR count). The molecule has 0 unspecified atom stereocenters. The zero-order valence-corrected chi connectivity index (χ0v) is 20.7. The number of hydrogen-bond acceptors (Lipinski definition) is 6. The molecule has 1 aliphatic rings. The molecule has 0 aliphatic carbocycles. The number of H-pyrrole nitrogens is 1. The van der Waals surface area contributed by atoms with Gasteiger partial charge in [-0.2, -0.15) is 5.10 Å². The third-order valence-corrected chi connectivity index (χ3v) is 6.93. The number of fused-ring (bicyclic) bond motifs is 2. The molecule has 1 fully saturated rings. The predicted molar refractivity (Wildman–Crippen MR) is 134 cm³/mol. The topological polar surface area (TPSA) is 80.6 Å². The van der Waals surface area contributed by atoms with Crippen molar-refractivity contribution >= 4 is 16.7 Å². The van der Waals surface area contributed by atoms with Crippen LogP contribution in [0.3, 0.4) is 0 Å². The molecule has 0 amide bonds. The smallest absolute Gasteiger partial charge is 0.213 e. The van der Waals surface area contributed by atoms with Crippen molar-refractivity contribution in [1.29, 1.82) is 0 Å². The normalized spacial score (nSPS) is 15.7. The number of rotatable bonds is 7. The van der Waals surface area contributed by atoms with Crippen LogP contribution in [0.25, 0.3) is 27.9 Å². The molecule has 0 spiro atoms. The minimum absolute atomic E-state index is 0.268. The summed E-state index contributed by atoms with van der Waals surface area (Å²) in [4.78, 5) is 15.3. The molecule has 4 aromatic rings. The van der Waals surface area contributed by atoms with Gasteiger partial charge in [0, 0.05) is 29.4 Å². The molecular formula is C26H34N6O2. The van der Waals surface area contributed by atoms with E-state index in [-0.39, 0.29) is 5.92 Å². The average Bonchev–Trinajstić information content (AvgIpc) is 3.46. The van der Waals surface area contributed by atoms with Crippen molar-refractivity contribution in [3.05, 3.63) is 36.3 Å². The van der Waals surface area contributed by atoms with Gasteiger partial charge >= 0.3 is 0 Å². The molecule has 34 heavy (non-hydrogen) atoms. The summed E-state index contributed by atoms with van der Waals surface area (Å²) in [5.41, 5.74) is 5.81. The quantitative estimate of drug-likeness (QED) is 0.421. The zero-order valence-electron chi connectivity index (χ0n) is 20.7. The second-order valence-corrected chi connectivity index (χ2v) is 9.82. The van der Waals surface area contributed by atoms with Gasteiger partial charge in [-0.15, -0.1) is 0 Å². The van der Waals surface area contributed by atoms with E-state index < -0.39 is 0 Å². The van der Waals surface area contributed by atoms with E-state index in [0.29, 0.717) is 29.2 Å². The van der Waals surface area contributed by atoms with Gasteiger partial charge in [-0.3, -0.25) is 0 Å². The Kier molecular flexibility index (Phi) is 6.16. The molecule has 1 saturated heterocycles. The number of nitrogens with zero attached hydrogens (tertiary/aromatic N) is 5. The number of hydrogen-bond donors (Lipinski definition) is 1. The maximum Gasteiger partial charge on any atom is 0.213 e. The minimum atomic E-state index is 0.268. The summed E-state index contributed by atoms with van der Waals surface area (Å²) in [6, 6.07) is 6.66. The highest BCUT2D eigenvalue weighted by Crippen LogP contribution is 2.37. The Morgan fingerprint density at radius 1 is 1.15 bits per heavy atom. The second-order valence-electron chi connectivity index (χ2n) is 9.82. The molecule has 180 valence electrons. The van der Waals surface area contributed by atoms with Crippen molar-refractivity contribution in [3.8, 4) is 22.9 Å². The van der Waals surface area contributed by atoms with Crippen LogP contribution in [0.4, 0.5) is 0 Å². The number of piperidine rings is 1. The summed E-state index contributed by atoms with van der Waals surface area (Å²) in [6.07, 6.45) is 5.87. The molecule has 1 aliphatic heterocycles. The summed E-state index contributed by atoms with van der Waals surface area (Å²) in [5, 5.41) is 4.31. The number of methoxy groups -OCH3 is 1. The van der Waals surface area contributed by atoms with E-state index in [9.17, 15) is 0 Å². The van der Waals surface area contributed by atoms with Crippen molar-refractivity contribution in [2.24, 2.45) is 5.92 Å². The van der Waals surface area contributed by atoms with Gasteiger partial charge in [-0.25, -0.2) is 14.5 Å². The lowest BCUT2D eigenvalue weighted by Gasteiger charge is -2.34. The van der Waals surface area contributed by atoms with Crippen molar-refractivity contribution in [3.63, 3.8) is 0 Å². The molecule has 1 N–H and O–H groups in total. The molecule has 0 atom stereocenters. The molecule has 5 heterocycles. The van der Waals surface area contributed by atoms with E-state index in [0.717, 1.165) is 47.6 Å². The summed E-state index contributed by atoms with van der Waals surface area (Å²) < 4.78 is 13.5. The first-order chi connectivity index (χ1) is 16.4. The van der Waals surface area contributed by atoms with Gasteiger partial charge in [0.1, 0.15) is 6.33 Å². The molecule has 0 aromatic carbocycles. The molecule has 0 saturated carbocycles. The lowest BCUT2D eigenvalue weighted by Crippen LogP contribution is -2.39. The van der Waals surface area contributed by atoms with E-state index in [2.05, 4.69) is 53.7 Å². The van der Waals surface area contributed by atoms with Crippen molar-refractivity contribution in [1.82, 2.24) is 29.5 Å². The summed E-state index contributed by atoms with van der Waals surface area (Å²) >= 11 is 0. The number of aromatic nitrogens is 5. The fourth-order valence-corrected chi connectivity index (χ4v) is 4.96. The predicted octanol–water partition coefficient (Wildman–Crippen LogP) is 4.90. The molecule has 0 bridgehead atoms. The van der Waals surface area contributed by atoms with Crippen molar-refractivity contribution in [2.45, 2.75) is 52.5 Å². The Bertz CT molecular complexity index is 1280. The lowest BCUT2D eigenvalue weighted by atomic mass is 9.97. The van der Waals surface area contributed by atoms with Gasteiger partial charge in [0.2, 0.25) is 5.88 Å². The Morgan fingerprint density at radius 2 is 1.94 bits per heavy atom. The first kappa shape index (κ1) is 22.7. The second kappa shape index (κ2) is 9.25. The Hall–Kier alpha value is -3.13. The number of aromatic amines is 1. The number of likely N-dealkylation sites (tertiary alicyclic amines) is 1. The third kappa shape index (κ3) is 4.22. The zero-order chi connectivity index (χ0) is 23.8. The van der Waals surface area contributed by atoms with Crippen LogP contribution < -0.4 is 9.47 Å². The van der Waals surface area contributed by atoms with Crippen LogP contribution in [0.15, 0.2) is 30.7 Å². The van der Waals surface area contributed by atoms with Gasteiger partial charge in [0.25, 0.3) is 0 Å². The van der Waals surface area contributed by atoms with E-state index in [1.54, 1.807) is 11.6 Å². The first-order valence-electron chi connectivity index (χ1n) is 12.2. The van der Waals surface area contributed by atoms with E-state index in [1.165, 1.54) is 19.2 Å². The van der Waals surface area contributed by atoms with Gasteiger partial charge < -0.3 is 19.4 Å². The van der Waals surface area contributed by atoms with Crippen LogP contribution >= 0.6 is 0 Å². The lowest BCUT2D eigenvalue weighted by molar-refractivity contribution is 0.117. The molecule has 8 nitrogen and oxygen atoms in total. The fraction of sp³-hybridized carbons (Fsp3) is 0.500. The number of nitrogens with one attached hydrogen (secondary N) is 1. The highest BCUT2D eigenvalue weighted by molar-refractivity contribution is 5.89. The maximum atomic E-state index is 6.20. The van der Waals surface area contributed by atoms with Crippen LogP contribution in [0, 0.1) is 5.92 Å². The van der Waals surface area contributed by atoms with Crippen molar-refractivity contribution < 1.29 is 9.47 Å². The summed E-state index contributed by atoms with van der Waals surface area (Å²) in [5.74, 6) is 2.23. The van der Waals surface area contributed by atoms with Crippen LogP contribution in [0.1, 0.15) is 52.0 Å². The largest absolute Gasteiger partial charge is 0.493 e. The third-order valence-electron chi connectivity index (χ3n) is 6.93. The van der Waals surface area contributed by atoms with Gasteiger partial charge in [0.15, 0.2) is 11.4 Å². The van der Waals surface area contributed by atoms with Gasteiger partial charge in [-0.1, -0.05) is 13.8 Å². The standard InChI is InChI=1S/C26H34N6O2/c1-16(2)23-24(19-12-21(33-5)26-27-15-28-32(26)13-19)29-20-6-7-22(30-25(20)23)34-14-18-8-10-31(11-9-18)17(3)4/h6-7,12-13,15-18,29H,8-11,14H2,1-5H3. The van der Waals surface area contributed by atoms with Gasteiger partial charge in [0.05, 0.1) is 30.4 Å². The summed E-state index contributed by atoms with van der Waals surface area (Å²) in [6.45, 7) is 11.9. The van der Waals surface area contributed by atoms with Crippen LogP contribution in [-0.4, -0.2) is 62.3 Å². The van der Waals surface area contributed by atoms with Gasteiger partial charge in [-0.05, 0) is 63.7 Å². The minimum Gasteiger partial charge on any atom is -0.493 e. The van der Waals surface area contributed by atoms with Crippen LogP contribution in [0.2, 0.25) is 0 Å². The maximum absolute atomic E-state index is 6.20.